The van der Waals surface area contributed by atoms with Crippen molar-refractivity contribution < 1.29 is 13.9 Å². The second kappa shape index (κ2) is 8.30. The van der Waals surface area contributed by atoms with Crippen molar-refractivity contribution >= 4 is 33.8 Å². The van der Waals surface area contributed by atoms with Crippen LogP contribution in [0.15, 0.2) is 83.3 Å². The van der Waals surface area contributed by atoms with Gasteiger partial charge in [0.05, 0.1) is 16.6 Å². The fraction of sp³-hybridized carbons (Fsp3) is 0.179. The molecule has 6 nitrogen and oxygen atoms in total. The Kier molecular flexibility index (Phi) is 4.99. The molecule has 1 fully saturated rings. The Bertz CT molecular complexity index is 1470. The molecule has 1 aliphatic carbocycles. The summed E-state index contributed by atoms with van der Waals surface area (Å²) in [4.78, 5) is 24.7. The molecular weight excluding hydrogens is 426 g/mol. The number of esters is 1. The van der Waals surface area contributed by atoms with Crippen LogP contribution in [0.4, 0.5) is 5.82 Å². The quantitative estimate of drug-likeness (QED) is 0.296. The largest absolute Gasteiger partial charge is 0.457 e. The predicted octanol–water partition coefficient (Wildman–Crippen LogP) is 6.00. The molecule has 0 atom stereocenters. The van der Waals surface area contributed by atoms with E-state index in [1.165, 1.54) is 0 Å². The van der Waals surface area contributed by atoms with Crippen LogP contribution < -0.4 is 4.90 Å². The first-order valence-corrected chi connectivity index (χ1v) is 11.4. The van der Waals surface area contributed by atoms with Crippen molar-refractivity contribution in [1.82, 2.24) is 9.97 Å². The van der Waals surface area contributed by atoms with E-state index >= 15 is 0 Å². The molecule has 5 aromatic rings. The number of furan rings is 1. The van der Waals surface area contributed by atoms with E-state index in [4.69, 9.17) is 19.1 Å². The molecule has 34 heavy (non-hydrogen) atoms. The Morgan fingerprint density at radius 1 is 0.971 bits per heavy atom. The van der Waals surface area contributed by atoms with Gasteiger partial charge >= 0.3 is 5.97 Å². The fourth-order valence-corrected chi connectivity index (χ4v) is 4.12. The van der Waals surface area contributed by atoms with Crippen LogP contribution in [0.2, 0.25) is 0 Å². The minimum atomic E-state index is -0.383. The molecule has 0 bridgehead atoms. The number of aromatic nitrogens is 2. The first kappa shape index (κ1) is 20.4. The van der Waals surface area contributed by atoms with Gasteiger partial charge in [-0.15, -0.1) is 0 Å². The van der Waals surface area contributed by atoms with E-state index in [0.717, 1.165) is 35.2 Å². The van der Waals surface area contributed by atoms with E-state index in [1.807, 2.05) is 73.8 Å². The number of rotatable bonds is 6. The number of hydrogen-bond acceptors (Lipinski definition) is 6. The first-order valence-electron chi connectivity index (χ1n) is 11.4. The maximum atomic E-state index is 12.7. The van der Waals surface area contributed by atoms with Gasteiger partial charge in [-0.2, -0.15) is 0 Å². The van der Waals surface area contributed by atoms with Gasteiger partial charge in [-0.05, 0) is 48.7 Å². The van der Waals surface area contributed by atoms with E-state index < -0.39 is 0 Å². The Morgan fingerprint density at radius 2 is 1.76 bits per heavy atom. The lowest BCUT2D eigenvalue weighted by Gasteiger charge is -2.20. The molecule has 1 aliphatic rings. The topological polar surface area (TPSA) is 68.5 Å². The zero-order valence-electron chi connectivity index (χ0n) is 18.8. The maximum absolute atomic E-state index is 12.7. The molecule has 3 aromatic carbocycles. The van der Waals surface area contributed by atoms with Crippen molar-refractivity contribution in [3.63, 3.8) is 0 Å². The molecule has 0 spiro atoms. The first-order chi connectivity index (χ1) is 16.7. The number of carbonyl (C=O) groups excluding carboxylic acids is 1. The summed E-state index contributed by atoms with van der Waals surface area (Å²) in [6, 6.07) is 25.3. The van der Waals surface area contributed by atoms with E-state index in [9.17, 15) is 4.79 Å². The second-order valence-electron chi connectivity index (χ2n) is 8.65. The van der Waals surface area contributed by atoms with Gasteiger partial charge in [-0.1, -0.05) is 48.5 Å². The van der Waals surface area contributed by atoms with Gasteiger partial charge in [0.15, 0.2) is 11.6 Å². The number of para-hydroxylation sites is 1. The molecule has 0 saturated heterocycles. The molecule has 0 N–H and O–H groups in total. The van der Waals surface area contributed by atoms with Crippen molar-refractivity contribution in [1.29, 1.82) is 0 Å². The van der Waals surface area contributed by atoms with E-state index in [2.05, 4.69) is 4.90 Å². The molecule has 2 heterocycles. The molecule has 0 radical (unpaired) electrons. The summed E-state index contributed by atoms with van der Waals surface area (Å²) in [5.74, 6) is 1.05. The maximum Gasteiger partial charge on any atom is 0.338 e. The lowest BCUT2D eigenvalue weighted by Crippen LogP contribution is -2.22. The van der Waals surface area contributed by atoms with Crippen LogP contribution in [-0.4, -0.2) is 29.0 Å². The smallest absolute Gasteiger partial charge is 0.338 e. The third-order valence-corrected chi connectivity index (χ3v) is 6.18. The average molecular weight is 450 g/mol. The van der Waals surface area contributed by atoms with Crippen molar-refractivity contribution in [2.45, 2.75) is 25.5 Å². The second-order valence-corrected chi connectivity index (χ2v) is 8.65. The molecule has 0 amide bonds. The highest BCUT2D eigenvalue weighted by molar-refractivity contribution is 5.95. The summed E-state index contributed by atoms with van der Waals surface area (Å²) >= 11 is 0. The fourth-order valence-electron chi connectivity index (χ4n) is 4.12. The van der Waals surface area contributed by atoms with Gasteiger partial charge in [0.25, 0.3) is 0 Å². The van der Waals surface area contributed by atoms with Gasteiger partial charge in [0, 0.05) is 18.5 Å². The Morgan fingerprint density at radius 3 is 2.56 bits per heavy atom. The Balaban J connectivity index is 1.37. The average Bonchev–Trinajstić information content (AvgIpc) is 3.64. The number of anilines is 1. The van der Waals surface area contributed by atoms with Crippen LogP contribution in [0.5, 0.6) is 0 Å². The zero-order chi connectivity index (χ0) is 23.1. The Labute approximate surface area is 196 Å². The highest BCUT2D eigenvalue weighted by Crippen LogP contribution is 2.37. The number of hydrogen-bond donors (Lipinski definition) is 0. The van der Waals surface area contributed by atoms with Crippen LogP contribution in [0.1, 0.15) is 28.8 Å². The minimum Gasteiger partial charge on any atom is -0.457 e. The highest BCUT2D eigenvalue weighted by Gasteiger charge is 2.30. The minimum absolute atomic E-state index is 0.226. The summed E-state index contributed by atoms with van der Waals surface area (Å²) in [5.41, 5.74) is 4.27. The monoisotopic (exact) mass is 449 g/mol. The lowest BCUT2D eigenvalue weighted by atomic mass is 10.1. The van der Waals surface area contributed by atoms with Gasteiger partial charge < -0.3 is 14.1 Å². The summed E-state index contributed by atoms with van der Waals surface area (Å²) in [6.07, 6.45) is 2.25. The van der Waals surface area contributed by atoms with Crippen LogP contribution in [0.25, 0.3) is 33.5 Å². The normalized spacial score (nSPS) is 13.3. The summed E-state index contributed by atoms with van der Waals surface area (Å²) in [6.45, 7) is 0.226. The van der Waals surface area contributed by atoms with E-state index in [1.54, 1.807) is 12.1 Å². The van der Waals surface area contributed by atoms with Crippen molar-refractivity contribution in [3.8, 4) is 11.5 Å². The summed E-state index contributed by atoms with van der Waals surface area (Å²) in [5, 5.41) is 1.02. The van der Waals surface area contributed by atoms with Gasteiger partial charge in [0.1, 0.15) is 17.9 Å². The molecular formula is C28H23N3O3. The number of benzene rings is 3. The SMILES string of the molecule is CN(c1nc2cc(C(=O)OCc3ccccc3)ccc2nc1-c1cc2ccccc2o1)C1CC1. The van der Waals surface area contributed by atoms with Crippen LogP contribution in [-0.2, 0) is 11.3 Å². The molecule has 6 heteroatoms. The molecule has 6 rings (SSSR count). The predicted molar refractivity (Wildman–Crippen MR) is 132 cm³/mol. The highest BCUT2D eigenvalue weighted by atomic mass is 16.5. The molecule has 0 aliphatic heterocycles. The molecule has 1 saturated carbocycles. The van der Waals surface area contributed by atoms with E-state index in [-0.39, 0.29) is 12.6 Å². The van der Waals surface area contributed by atoms with Crippen LogP contribution in [0.3, 0.4) is 0 Å². The third kappa shape index (κ3) is 3.88. The Hall–Kier alpha value is -4.19. The van der Waals surface area contributed by atoms with E-state index in [0.29, 0.717) is 34.1 Å². The van der Waals surface area contributed by atoms with Gasteiger partial charge in [-0.25, -0.2) is 14.8 Å². The van der Waals surface area contributed by atoms with Crippen molar-refractivity contribution in [3.05, 3.63) is 90.0 Å². The lowest BCUT2D eigenvalue weighted by molar-refractivity contribution is 0.0473. The number of nitrogens with zero attached hydrogens (tertiary/aromatic N) is 3. The summed E-state index contributed by atoms with van der Waals surface area (Å²) in [7, 11) is 2.04. The third-order valence-electron chi connectivity index (χ3n) is 6.18. The standard InChI is InChI=1S/C28H23N3O3/c1-31(21-12-13-21)27-26(25-16-19-9-5-6-10-24(19)34-25)29-22-14-11-20(15-23(22)30-27)28(32)33-17-18-7-3-2-4-8-18/h2-11,14-16,21H,12-13,17H2,1H3. The van der Waals surface area contributed by atoms with Crippen molar-refractivity contribution in [2.75, 3.05) is 11.9 Å². The summed E-state index contributed by atoms with van der Waals surface area (Å²) < 4.78 is 11.6. The number of ether oxygens (including phenoxy) is 1. The van der Waals surface area contributed by atoms with Crippen LogP contribution >= 0.6 is 0 Å². The zero-order valence-corrected chi connectivity index (χ0v) is 18.8. The van der Waals surface area contributed by atoms with Crippen molar-refractivity contribution in [2.24, 2.45) is 0 Å². The molecule has 168 valence electrons. The van der Waals surface area contributed by atoms with Gasteiger partial charge in [-0.3, -0.25) is 0 Å². The molecule has 2 aromatic heterocycles. The van der Waals surface area contributed by atoms with Gasteiger partial charge in [0.2, 0.25) is 0 Å². The number of fused-ring (bicyclic) bond motifs is 2. The molecule has 0 unspecified atom stereocenters. The number of carbonyl (C=O) groups is 1. The van der Waals surface area contributed by atoms with Crippen LogP contribution in [0, 0.1) is 0 Å².